The molecule has 2 saturated heterocycles. The van der Waals surface area contributed by atoms with E-state index in [1.807, 2.05) is 18.2 Å². The molecule has 4 aromatic carbocycles. The Morgan fingerprint density at radius 1 is 0.745 bits per heavy atom. The lowest BCUT2D eigenvalue weighted by Crippen LogP contribution is -2.19. The van der Waals surface area contributed by atoms with Crippen molar-refractivity contribution in [2.75, 3.05) is 33.3 Å². The average Bonchev–Trinajstić information content (AvgIpc) is 3.97. The van der Waals surface area contributed by atoms with E-state index in [9.17, 15) is 5.11 Å². The van der Waals surface area contributed by atoms with Crippen molar-refractivity contribution in [3.05, 3.63) is 132 Å². The minimum atomic E-state index is 0.271. The first-order chi connectivity index (χ1) is 25.3. The SMILES string of the molecule is BrB(Br)Br.COc1cccc(C2CCN(Cc3c[nH]c4ccccc34)C2)c1.Oc1cccc(C2CCN(Cc3c[nH]c4ccccc34)C2)c1.[2H]CC. The first-order valence-corrected chi connectivity index (χ1v) is 20.2. The molecule has 0 radical (unpaired) electrons. The van der Waals surface area contributed by atoms with Gasteiger partial charge >= 0.3 is 3.18 Å². The number of nitrogens with one attached hydrogen (secondary N) is 2. The van der Waals surface area contributed by atoms with Gasteiger partial charge < -0.3 is 19.8 Å². The lowest BCUT2D eigenvalue weighted by molar-refractivity contribution is 0.328. The number of benzene rings is 4. The van der Waals surface area contributed by atoms with E-state index in [1.165, 1.54) is 50.5 Å². The fourth-order valence-electron chi connectivity index (χ4n) is 7.18. The van der Waals surface area contributed by atoms with E-state index in [2.05, 4.69) is 152 Å². The van der Waals surface area contributed by atoms with E-state index in [4.69, 9.17) is 6.11 Å². The van der Waals surface area contributed by atoms with Gasteiger partial charge in [-0.15, -0.1) is 47.3 Å². The minimum Gasteiger partial charge on any atom is -0.508 e. The maximum atomic E-state index is 9.65. The molecule has 2 aromatic heterocycles. The van der Waals surface area contributed by atoms with Gasteiger partial charge in [-0.1, -0.05) is 74.5 Å². The fraction of sp³-hybridized carbons (Fsp3) is 0.317. The number of phenolic OH excluding ortho intramolecular Hbond substituents is 1. The summed E-state index contributed by atoms with van der Waals surface area (Å²) in [6, 6.07) is 33.2. The summed E-state index contributed by atoms with van der Waals surface area (Å²) in [4.78, 5) is 11.8. The van der Waals surface area contributed by atoms with Crippen molar-refractivity contribution in [1.82, 2.24) is 19.8 Å². The van der Waals surface area contributed by atoms with Crippen LogP contribution in [0.25, 0.3) is 21.8 Å². The summed E-state index contributed by atoms with van der Waals surface area (Å²) in [6.07, 6.45) is 6.66. The van der Waals surface area contributed by atoms with Crippen molar-refractivity contribution in [3.8, 4) is 11.5 Å². The Hall–Kier alpha value is -3.02. The van der Waals surface area contributed by atoms with Crippen molar-refractivity contribution in [1.29, 1.82) is 0 Å². The van der Waals surface area contributed by atoms with E-state index in [-0.39, 0.29) is 3.18 Å². The smallest absolute Gasteiger partial charge is 0.369 e. The third-order valence-electron chi connectivity index (χ3n) is 9.59. The molecular weight excluding hydrogens is 831 g/mol. The second kappa shape index (κ2) is 19.7. The van der Waals surface area contributed by atoms with Crippen LogP contribution in [0.5, 0.6) is 11.5 Å². The van der Waals surface area contributed by atoms with Crippen molar-refractivity contribution in [2.45, 2.75) is 51.6 Å². The molecule has 268 valence electrons. The molecule has 0 spiro atoms. The van der Waals surface area contributed by atoms with Gasteiger partial charge in [0.15, 0.2) is 0 Å². The quantitative estimate of drug-likeness (QED) is 0.140. The van der Waals surface area contributed by atoms with Crippen LogP contribution in [-0.2, 0) is 13.1 Å². The molecule has 3 N–H and O–H groups in total. The zero-order valence-electron chi connectivity index (χ0n) is 30.4. The summed E-state index contributed by atoms with van der Waals surface area (Å²) in [6.45, 7) is 8.74. The molecule has 6 aromatic rings. The van der Waals surface area contributed by atoms with Crippen LogP contribution in [0.3, 0.4) is 0 Å². The van der Waals surface area contributed by atoms with E-state index in [0.717, 1.165) is 51.4 Å². The molecule has 0 saturated carbocycles. The molecule has 6 nitrogen and oxygen atoms in total. The number of nitrogens with zero attached hydrogens (tertiary/aromatic N) is 2. The van der Waals surface area contributed by atoms with Gasteiger partial charge in [-0.25, -0.2) is 0 Å². The van der Waals surface area contributed by atoms with Gasteiger partial charge in [0.25, 0.3) is 0 Å². The summed E-state index contributed by atoms with van der Waals surface area (Å²) >= 11 is 9.31. The number of para-hydroxylation sites is 2. The number of ether oxygens (including phenoxy) is 1. The minimum absolute atomic E-state index is 0.271. The van der Waals surface area contributed by atoms with Crippen molar-refractivity contribution < 1.29 is 11.2 Å². The number of aromatic amines is 2. The molecule has 2 fully saturated rings. The Balaban J connectivity index is 0.000000171. The second-order valence-corrected chi connectivity index (χ2v) is 19.2. The maximum absolute atomic E-state index is 9.65. The van der Waals surface area contributed by atoms with E-state index < -0.39 is 0 Å². The zero-order chi connectivity index (χ0) is 36.9. The first-order valence-electron chi connectivity index (χ1n) is 18.2. The third-order valence-corrected chi connectivity index (χ3v) is 9.59. The number of aromatic hydroxyl groups is 1. The van der Waals surface area contributed by atoms with Crippen LogP contribution in [0.2, 0.25) is 0 Å². The predicted molar refractivity (Wildman–Crippen MR) is 227 cm³/mol. The van der Waals surface area contributed by atoms with Gasteiger partial charge in [-0.3, -0.25) is 9.80 Å². The van der Waals surface area contributed by atoms with Gasteiger partial charge in [0, 0.05) is 61.7 Å². The fourth-order valence-corrected chi connectivity index (χ4v) is 7.18. The summed E-state index contributed by atoms with van der Waals surface area (Å²) in [5.74, 6) is 2.46. The topological polar surface area (TPSA) is 67.5 Å². The molecule has 4 heterocycles. The molecule has 0 aliphatic carbocycles. The number of hydrogen-bond donors (Lipinski definition) is 3. The summed E-state index contributed by atoms with van der Waals surface area (Å²) in [5, 5.41) is 12.3. The van der Waals surface area contributed by atoms with Crippen LogP contribution in [0.15, 0.2) is 109 Å². The van der Waals surface area contributed by atoms with Gasteiger partial charge in [-0.05, 0) is 96.4 Å². The van der Waals surface area contributed by atoms with Gasteiger partial charge in [-0.2, -0.15) is 0 Å². The molecule has 2 aliphatic heterocycles. The van der Waals surface area contributed by atoms with E-state index >= 15 is 0 Å². The van der Waals surface area contributed by atoms with Gasteiger partial charge in [0.05, 0.1) is 7.11 Å². The highest BCUT2D eigenvalue weighted by Crippen LogP contribution is 2.32. The first kappa shape index (κ1) is 37.7. The molecule has 2 aliphatic rings. The molecule has 0 bridgehead atoms. The number of phenols is 1. The van der Waals surface area contributed by atoms with Crippen molar-refractivity contribution in [3.63, 3.8) is 0 Å². The van der Waals surface area contributed by atoms with E-state index in [0.29, 0.717) is 24.5 Å². The number of likely N-dealkylation sites (tertiary alicyclic amines) is 2. The standard InChI is InChI=1S/C20H22N2O.C19H20N2O.C2H6.BBr3/c1-23-18-6-4-5-15(11-18)16-9-10-22(13-16)14-17-12-21-20-8-3-2-7-19(17)20;22-17-5-3-4-14(10-17)15-8-9-21(12-15)13-16-11-20-19-7-2-1-6-18(16)19;1-2;2-1(3)4/h2-8,11-12,16,21H,9-10,13-14H2,1H3;1-7,10-11,15,20,22H,8-9,12-13H2;1-2H3;/i;;1D;. The van der Waals surface area contributed by atoms with Crippen molar-refractivity contribution in [2.24, 2.45) is 0 Å². The Morgan fingerprint density at radius 2 is 1.22 bits per heavy atom. The van der Waals surface area contributed by atoms with Crippen LogP contribution in [0.4, 0.5) is 0 Å². The normalized spacial score (nSPS) is 17.5. The molecular formula is C41H48BBr3N4O2. The monoisotopic (exact) mass is 877 g/mol. The lowest BCUT2D eigenvalue weighted by Gasteiger charge is -2.16. The van der Waals surface area contributed by atoms with Gasteiger partial charge in [0.2, 0.25) is 0 Å². The molecule has 2 unspecified atom stereocenters. The van der Waals surface area contributed by atoms with Gasteiger partial charge in [0.1, 0.15) is 11.5 Å². The number of rotatable bonds is 7. The third kappa shape index (κ3) is 11.0. The van der Waals surface area contributed by atoms with Crippen LogP contribution >= 0.6 is 47.3 Å². The highest BCUT2D eigenvalue weighted by molar-refractivity contribution is 9.69. The summed E-state index contributed by atoms with van der Waals surface area (Å²) in [5.41, 5.74) is 7.85. The maximum Gasteiger partial charge on any atom is 0.369 e. The number of halogens is 3. The van der Waals surface area contributed by atoms with Crippen molar-refractivity contribution >= 4 is 72.3 Å². The predicted octanol–water partition coefficient (Wildman–Crippen LogP) is 11.2. The van der Waals surface area contributed by atoms with Crippen LogP contribution in [0.1, 0.15) is 62.1 Å². The summed E-state index contributed by atoms with van der Waals surface area (Å²) in [7, 11) is 1.73. The molecule has 51 heavy (non-hydrogen) atoms. The summed E-state index contributed by atoms with van der Waals surface area (Å²) < 4.78 is 11.8. The lowest BCUT2D eigenvalue weighted by atomic mass is 9.98. The Kier molecular flexibility index (Phi) is 14.6. The highest BCUT2D eigenvalue weighted by Gasteiger charge is 2.26. The number of methoxy groups -OCH3 is 1. The second-order valence-electron chi connectivity index (χ2n) is 12.8. The van der Waals surface area contributed by atoms with E-state index in [1.54, 1.807) is 20.1 Å². The molecule has 0 amide bonds. The zero-order valence-corrected chi connectivity index (χ0v) is 34.1. The number of aromatic nitrogens is 2. The largest absolute Gasteiger partial charge is 0.508 e. The Bertz CT molecular complexity index is 1970. The highest BCUT2D eigenvalue weighted by atomic mass is 79.9. The molecule has 8 rings (SSSR count). The average molecular weight is 880 g/mol. The number of hydrogen-bond acceptors (Lipinski definition) is 4. The van der Waals surface area contributed by atoms with Crippen LogP contribution < -0.4 is 4.74 Å². The Morgan fingerprint density at radius 3 is 1.71 bits per heavy atom. The number of fused-ring (bicyclic) bond motifs is 2. The molecule has 10 heteroatoms. The van der Waals surface area contributed by atoms with Crippen LogP contribution in [-0.4, -0.2) is 61.3 Å². The van der Waals surface area contributed by atoms with Crippen LogP contribution in [0, 0.1) is 0 Å². The Labute approximate surface area is 329 Å². The molecule has 2 atom stereocenters. The number of H-pyrrole nitrogens is 2.